The molecule has 1 aromatic heterocycles. The van der Waals surface area contributed by atoms with E-state index >= 15 is 0 Å². The molecule has 1 unspecified atom stereocenters. The number of ether oxygens (including phenoxy) is 2. The van der Waals surface area contributed by atoms with Crippen LogP contribution in [0.3, 0.4) is 0 Å². The Kier molecular flexibility index (Phi) is 8.59. The van der Waals surface area contributed by atoms with Crippen molar-refractivity contribution in [3.05, 3.63) is 53.3 Å². The molecule has 0 spiro atoms. The maximum atomic E-state index is 12.8. The molecule has 0 fully saturated rings. The highest BCUT2D eigenvalue weighted by Gasteiger charge is 2.27. The zero-order chi connectivity index (χ0) is 23.7. The first-order valence-electron chi connectivity index (χ1n) is 10.3. The molecular weight excluding hydrogens is 406 g/mol. The van der Waals surface area contributed by atoms with Crippen LogP contribution in [0.25, 0.3) is 0 Å². The number of amides is 1. The van der Waals surface area contributed by atoms with Crippen LogP contribution in [0.1, 0.15) is 37.6 Å². The molecule has 1 heterocycles. The van der Waals surface area contributed by atoms with E-state index in [0.29, 0.717) is 23.8 Å². The van der Waals surface area contributed by atoms with Gasteiger partial charge in [0.1, 0.15) is 12.0 Å². The number of pyridine rings is 1. The molecule has 1 amide bonds. The second kappa shape index (κ2) is 11.1. The van der Waals surface area contributed by atoms with Crippen molar-refractivity contribution < 1.29 is 14.3 Å². The molecule has 1 aromatic carbocycles. The van der Waals surface area contributed by atoms with Gasteiger partial charge in [-0.15, -0.1) is 0 Å². The van der Waals surface area contributed by atoms with Crippen LogP contribution in [-0.4, -0.2) is 37.1 Å². The van der Waals surface area contributed by atoms with Crippen LogP contribution in [0.15, 0.2) is 41.5 Å². The van der Waals surface area contributed by atoms with E-state index in [1.165, 1.54) is 0 Å². The standard InChI is InChI=1S/C24H31N5O3/c1-16-18(8-7-11-26-16)14-21(27-15-25)28-23(24(2,3)4)29-22(30)13-17-9-10-19(31-5)20(12-17)32-6/h7-12,23H,13-14H2,1-6H3,(H,27,28)(H,29,30). The normalized spacial score (nSPS) is 12.5. The maximum absolute atomic E-state index is 12.8. The summed E-state index contributed by atoms with van der Waals surface area (Å²) in [6.45, 7) is 7.86. The van der Waals surface area contributed by atoms with Crippen LogP contribution in [-0.2, 0) is 17.6 Å². The molecule has 0 bridgehead atoms. The van der Waals surface area contributed by atoms with E-state index in [4.69, 9.17) is 14.5 Å². The zero-order valence-electron chi connectivity index (χ0n) is 19.5. The minimum absolute atomic E-state index is 0.158. The monoisotopic (exact) mass is 437 g/mol. The van der Waals surface area contributed by atoms with Gasteiger partial charge in [-0.05, 0) is 36.2 Å². The Bertz CT molecular complexity index is 1010. The predicted molar refractivity (Wildman–Crippen MR) is 123 cm³/mol. The summed E-state index contributed by atoms with van der Waals surface area (Å²) in [5.41, 5.74) is 2.24. The molecule has 0 aliphatic carbocycles. The van der Waals surface area contributed by atoms with Gasteiger partial charge in [0.05, 0.1) is 20.6 Å². The van der Waals surface area contributed by atoms with E-state index in [9.17, 15) is 10.1 Å². The van der Waals surface area contributed by atoms with Gasteiger partial charge in [-0.25, -0.2) is 4.99 Å². The van der Waals surface area contributed by atoms with Gasteiger partial charge in [0.2, 0.25) is 5.91 Å². The lowest BCUT2D eigenvalue weighted by molar-refractivity contribution is -0.121. The van der Waals surface area contributed by atoms with E-state index < -0.39 is 6.17 Å². The number of aryl methyl sites for hydroxylation is 1. The number of rotatable bonds is 8. The highest BCUT2D eigenvalue weighted by atomic mass is 16.5. The summed E-state index contributed by atoms with van der Waals surface area (Å²) in [6, 6.07) is 9.16. The van der Waals surface area contributed by atoms with Crippen LogP contribution in [0.2, 0.25) is 0 Å². The summed E-state index contributed by atoms with van der Waals surface area (Å²) in [5, 5.41) is 14.9. The first-order chi connectivity index (χ1) is 15.2. The van der Waals surface area contributed by atoms with Crippen LogP contribution in [0.5, 0.6) is 11.5 Å². The van der Waals surface area contributed by atoms with Crippen LogP contribution >= 0.6 is 0 Å². The first kappa shape index (κ1) is 24.7. The van der Waals surface area contributed by atoms with Crippen molar-refractivity contribution in [2.75, 3.05) is 14.2 Å². The lowest BCUT2D eigenvalue weighted by atomic mass is 9.92. The number of amidine groups is 1. The van der Waals surface area contributed by atoms with Crippen molar-refractivity contribution >= 4 is 11.7 Å². The van der Waals surface area contributed by atoms with E-state index in [2.05, 4.69) is 15.6 Å². The molecule has 2 rings (SSSR count). The molecular formula is C24H31N5O3. The zero-order valence-corrected chi connectivity index (χ0v) is 19.5. The minimum atomic E-state index is -0.539. The topological polar surface area (TPSA) is 109 Å². The molecule has 8 heteroatoms. The van der Waals surface area contributed by atoms with E-state index in [0.717, 1.165) is 16.8 Å². The lowest BCUT2D eigenvalue weighted by Crippen LogP contribution is -2.44. The van der Waals surface area contributed by atoms with Crippen molar-refractivity contribution in [1.82, 2.24) is 15.6 Å². The van der Waals surface area contributed by atoms with Gasteiger partial charge in [0.25, 0.3) is 0 Å². The summed E-state index contributed by atoms with van der Waals surface area (Å²) in [7, 11) is 3.12. The average molecular weight is 438 g/mol. The van der Waals surface area contributed by atoms with Gasteiger partial charge >= 0.3 is 0 Å². The number of nitrogens with one attached hydrogen (secondary N) is 2. The number of nitriles is 1. The van der Waals surface area contributed by atoms with Crippen molar-refractivity contribution in [2.45, 2.75) is 46.7 Å². The Morgan fingerprint density at radius 2 is 1.91 bits per heavy atom. The molecule has 1 atom stereocenters. The van der Waals surface area contributed by atoms with Crippen LogP contribution in [0, 0.1) is 23.8 Å². The summed E-state index contributed by atoms with van der Waals surface area (Å²) in [6.07, 6.45) is 3.69. The van der Waals surface area contributed by atoms with Gasteiger partial charge in [-0.2, -0.15) is 5.26 Å². The van der Waals surface area contributed by atoms with Crippen LogP contribution in [0.4, 0.5) is 0 Å². The van der Waals surface area contributed by atoms with Crippen molar-refractivity contribution in [2.24, 2.45) is 10.4 Å². The number of methoxy groups -OCH3 is 2. The highest BCUT2D eigenvalue weighted by molar-refractivity contribution is 5.86. The number of benzene rings is 1. The third-order valence-corrected chi connectivity index (χ3v) is 4.89. The third-order valence-electron chi connectivity index (χ3n) is 4.89. The molecule has 0 aliphatic rings. The largest absolute Gasteiger partial charge is 0.493 e. The first-order valence-corrected chi connectivity index (χ1v) is 10.3. The number of carbonyl (C=O) groups is 1. The number of aromatic nitrogens is 1. The summed E-state index contributed by atoms with van der Waals surface area (Å²) in [4.78, 5) is 21.8. The minimum Gasteiger partial charge on any atom is -0.493 e. The van der Waals surface area contributed by atoms with Gasteiger partial charge in [0.15, 0.2) is 17.7 Å². The Morgan fingerprint density at radius 1 is 1.19 bits per heavy atom. The fourth-order valence-electron chi connectivity index (χ4n) is 3.05. The molecule has 8 nitrogen and oxygen atoms in total. The lowest BCUT2D eigenvalue weighted by Gasteiger charge is -2.29. The van der Waals surface area contributed by atoms with Crippen molar-refractivity contribution in [3.63, 3.8) is 0 Å². The SMILES string of the molecule is COc1ccc(CC(=O)NC(N=C(Cc2cccnc2C)NC#N)C(C)(C)C)cc1OC. The van der Waals surface area contributed by atoms with Crippen LogP contribution < -0.4 is 20.1 Å². The second-order valence-electron chi connectivity index (χ2n) is 8.44. The van der Waals surface area contributed by atoms with Gasteiger partial charge in [-0.1, -0.05) is 32.9 Å². The number of hydrogen-bond acceptors (Lipinski definition) is 6. The predicted octanol–water partition coefficient (Wildman–Crippen LogP) is 3.15. The quantitative estimate of drug-likeness (QED) is 0.284. The van der Waals surface area contributed by atoms with Gasteiger partial charge < -0.3 is 14.8 Å². The molecule has 2 aromatic rings. The Balaban J connectivity index is 2.22. The summed E-state index contributed by atoms with van der Waals surface area (Å²) >= 11 is 0. The van der Waals surface area contributed by atoms with E-state index in [1.807, 2.05) is 52.1 Å². The number of carbonyl (C=O) groups excluding carboxylic acids is 1. The molecule has 0 saturated heterocycles. The maximum Gasteiger partial charge on any atom is 0.226 e. The van der Waals surface area contributed by atoms with E-state index in [-0.39, 0.29) is 17.7 Å². The molecule has 0 radical (unpaired) electrons. The van der Waals surface area contributed by atoms with Crippen molar-refractivity contribution in [3.8, 4) is 17.7 Å². The Labute approximate surface area is 189 Å². The Morgan fingerprint density at radius 3 is 2.50 bits per heavy atom. The third kappa shape index (κ3) is 6.98. The number of hydrogen-bond donors (Lipinski definition) is 2. The van der Waals surface area contributed by atoms with Gasteiger partial charge in [0, 0.05) is 23.7 Å². The summed E-state index contributed by atoms with van der Waals surface area (Å²) in [5.74, 6) is 1.45. The van der Waals surface area contributed by atoms with E-state index in [1.54, 1.807) is 32.5 Å². The molecule has 0 saturated carbocycles. The second-order valence-corrected chi connectivity index (χ2v) is 8.44. The highest BCUT2D eigenvalue weighted by Crippen LogP contribution is 2.28. The molecule has 170 valence electrons. The molecule has 0 aliphatic heterocycles. The molecule has 2 N–H and O–H groups in total. The summed E-state index contributed by atoms with van der Waals surface area (Å²) < 4.78 is 10.6. The number of aliphatic imine (C=N–C) groups is 1. The van der Waals surface area contributed by atoms with Gasteiger partial charge in [-0.3, -0.25) is 15.1 Å². The smallest absolute Gasteiger partial charge is 0.226 e. The van der Waals surface area contributed by atoms with Crippen molar-refractivity contribution in [1.29, 1.82) is 5.26 Å². The fourth-order valence-corrected chi connectivity index (χ4v) is 3.05. The molecule has 32 heavy (non-hydrogen) atoms. The number of nitrogens with zero attached hydrogens (tertiary/aromatic N) is 3. The average Bonchev–Trinajstić information content (AvgIpc) is 2.74. The fraction of sp³-hybridized carbons (Fsp3) is 0.417. The Hall–Kier alpha value is -3.60.